The fourth-order valence-corrected chi connectivity index (χ4v) is 1.24. The largest absolute Gasteiger partial charge is 0.440 e. The summed E-state index contributed by atoms with van der Waals surface area (Å²) in [4.78, 5) is 4.14. The molecule has 0 aliphatic rings. The number of halogens is 1. The second-order valence-corrected chi connectivity index (χ2v) is 3.27. The number of nitrogens with one attached hydrogen (secondary N) is 1. The van der Waals surface area contributed by atoms with Crippen LogP contribution in [0.5, 0.6) is 0 Å². The quantitative estimate of drug-likeness (QED) is 0.867. The van der Waals surface area contributed by atoms with Crippen LogP contribution in [0.2, 0.25) is 5.22 Å². The van der Waals surface area contributed by atoms with Gasteiger partial charge in [-0.15, -0.1) is 0 Å². The number of furan rings is 1. The SMILES string of the molecule is CCNCc1noc(-c2ccc(Cl)o2)n1. The van der Waals surface area contributed by atoms with E-state index >= 15 is 0 Å². The molecule has 0 unspecified atom stereocenters. The summed E-state index contributed by atoms with van der Waals surface area (Å²) in [7, 11) is 0. The maximum atomic E-state index is 5.63. The predicted octanol–water partition coefficient (Wildman–Crippen LogP) is 2.09. The molecule has 0 aliphatic heterocycles. The van der Waals surface area contributed by atoms with E-state index in [-0.39, 0.29) is 0 Å². The molecule has 2 aromatic heterocycles. The summed E-state index contributed by atoms with van der Waals surface area (Å²) >= 11 is 5.63. The monoisotopic (exact) mass is 227 g/mol. The maximum Gasteiger partial charge on any atom is 0.293 e. The minimum atomic E-state index is 0.302. The zero-order valence-electron chi connectivity index (χ0n) is 8.16. The first kappa shape index (κ1) is 10.2. The van der Waals surface area contributed by atoms with E-state index in [0.29, 0.717) is 29.2 Å². The summed E-state index contributed by atoms with van der Waals surface area (Å²) in [5.74, 6) is 1.42. The standard InChI is InChI=1S/C9H10ClN3O2/c1-2-11-5-8-12-9(15-13-8)6-3-4-7(10)14-6/h3-4,11H,2,5H2,1H3. The van der Waals surface area contributed by atoms with Crippen molar-refractivity contribution < 1.29 is 8.94 Å². The molecule has 1 N–H and O–H groups in total. The number of hydrogen-bond acceptors (Lipinski definition) is 5. The highest BCUT2D eigenvalue weighted by molar-refractivity contribution is 6.28. The maximum absolute atomic E-state index is 5.63. The molecule has 0 saturated heterocycles. The lowest BCUT2D eigenvalue weighted by atomic mass is 10.4. The van der Waals surface area contributed by atoms with Crippen LogP contribution in [0, 0.1) is 0 Å². The molecule has 2 aromatic rings. The minimum absolute atomic E-state index is 0.302. The first-order chi connectivity index (χ1) is 7.29. The van der Waals surface area contributed by atoms with Crippen molar-refractivity contribution in [2.24, 2.45) is 0 Å². The van der Waals surface area contributed by atoms with Gasteiger partial charge in [-0.2, -0.15) is 4.98 Å². The van der Waals surface area contributed by atoms with Crippen LogP contribution >= 0.6 is 11.6 Å². The van der Waals surface area contributed by atoms with E-state index in [1.54, 1.807) is 12.1 Å². The van der Waals surface area contributed by atoms with Crippen LogP contribution in [0.4, 0.5) is 0 Å². The molecule has 0 bridgehead atoms. The van der Waals surface area contributed by atoms with Crippen molar-refractivity contribution in [1.82, 2.24) is 15.5 Å². The van der Waals surface area contributed by atoms with Gasteiger partial charge in [0, 0.05) is 0 Å². The molecule has 2 heterocycles. The summed E-state index contributed by atoms with van der Waals surface area (Å²) in [6, 6.07) is 3.32. The number of aromatic nitrogens is 2. The Morgan fingerprint density at radius 1 is 1.47 bits per heavy atom. The molecule has 0 aromatic carbocycles. The van der Waals surface area contributed by atoms with Crippen LogP contribution in [0.3, 0.4) is 0 Å². The van der Waals surface area contributed by atoms with Crippen molar-refractivity contribution >= 4 is 11.6 Å². The molecule has 0 radical (unpaired) electrons. The molecule has 0 aliphatic carbocycles. The fourth-order valence-electron chi connectivity index (χ4n) is 1.09. The summed E-state index contributed by atoms with van der Waals surface area (Å²) in [6.07, 6.45) is 0. The molecule has 6 heteroatoms. The van der Waals surface area contributed by atoms with Gasteiger partial charge >= 0.3 is 0 Å². The topological polar surface area (TPSA) is 64.1 Å². The Bertz CT molecular complexity index is 438. The second-order valence-electron chi connectivity index (χ2n) is 2.90. The Hall–Kier alpha value is -1.33. The van der Waals surface area contributed by atoms with Gasteiger partial charge in [-0.1, -0.05) is 12.1 Å². The summed E-state index contributed by atoms with van der Waals surface area (Å²) in [5, 5.41) is 7.18. The van der Waals surface area contributed by atoms with Gasteiger partial charge in [-0.05, 0) is 30.3 Å². The van der Waals surface area contributed by atoms with Gasteiger partial charge in [-0.3, -0.25) is 0 Å². The van der Waals surface area contributed by atoms with Gasteiger partial charge in [0.1, 0.15) is 0 Å². The van der Waals surface area contributed by atoms with Crippen LogP contribution < -0.4 is 5.32 Å². The van der Waals surface area contributed by atoms with E-state index in [4.69, 9.17) is 20.5 Å². The van der Waals surface area contributed by atoms with Gasteiger partial charge in [0.05, 0.1) is 6.54 Å². The van der Waals surface area contributed by atoms with Gasteiger partial charge in [0.2, 0.25) is 0 Å². The molecular formula is C9H10ClN3O2. The highest BCUT2D eigenvalue weighted by atomic mass is 35.5. The van der Waals surface area contributed by atoms with E-state index < -0.39 is 0 Å². The Morgan fingerprint density at radius 3 is 3.00 bits per heavy atom. The van der Waals surface area contributed by atoms with Crippen LogP contribution in [-0.2, 0) is 6.54 Å². The third-order valence-electron chi connectivity index (χ3n) is 1.79. The lowest BCUT2D eigenvalue weighted by Crippen LogP contribution is -2.12. The van der Waals surface area contributed by atoms with Crippen molar-refractivity contribution in [2.75, 3.05) is 6.54 Å². The van der Waals surface area contributed by atoms with E-state index in [9.17, 15) is 0 Å². The van der Waals surface area contributed by atoms with Crippen molar-refractivity contribution in [1.29, 1.82) is 0 Å². The Balaban J connectivity index is 2.13. The zero-order chi connectivity index (χ0) is 10.7. The normalized spacial score (nSPS) is 10.8. The second kappa shape index (κ2) is 4.46. The van der Waals surface area contributed by atoms with Crippen molar-refractivity contribution in [3.8, 4) is 11.7 Å². The third-order valence-corrected chi connectivity index (χ3v) is 1.99. The molecule has 0 spiro atoms. The Kier molecular flexibility index (Phi) is 3.03. The highest BCUT2D eigenvalue weighted by Crippen LogP contribution is 2.22. The number of rotatable bonds is 4. The zero-order valence-corrected chi connectivity index (χ0v) is 8.91. The Morgan fingerprint density at radius 2 is 2.33 bits per heavy atom. The number of hydrogen-bond donors (Lipinski definition) is 1. The highest BCUT2D eigenvalue weighted by Gasteiger charge is 2.11. The fraction of sp³-hybridized carbons (Fsp3) is 0.333. The van der Waals surface area contributed by atoms with Gasteiger partial charge in [0.25, 0.3) is 5.89 Å². The van der Waals surface area contributed by atoms with Crippen LogP contribution in [0.15, 0.2) is 21.1 Å². The minimum Gasteiger partial charge on any atom is -0.440 e. The smallest absolute Gasteiger partial charge is 0.293 e. The summed E-state index contributed by atoms with van der Waals surface area (Å²) < 4.78 is 10.1. The van der Waals surface area contributed by atoms with Crippen LogP contribution in [0.1, 0.15) is 12.7 Å². The van der Waals surface area contributed by atoms with E-state index in [1.165, 1.54) is 0 Å². The first-order valence-corrected chi connectivity index (χ1v) is 4.96. The lowest BCUT2D eigenvalue weighted by molar-refractivity contribution is 0.407. The molecule has 0 amide bonds. The first-order valence-electron chi connectivity index (χ1n) is 4.58. The van der Waals surface area contributed by atoms with Gasteiger partial charge in [-0.25, -0.2) is 0 Å². The molecule has 80 valence electrons. The van der Waals surface area contributed by atoms with E-state index in [0.717, 1.165) is 6.54 Å². The van der Waals surface area contributed by atoms with Crippen molar-refractivity contribution in [2.45, 2.75) is 13.5 Å². The van der Waals surface area contributed by atoms with Crippen molar-refractivity contribution in [3.05, 3.63) is 23.2 Å². The average Bonchev–Trinajstić information content (AvgIpc) is 2.83. The van der Waals surface area contributed by atoms with E-state index in [2.05, 4.69) is 15.5 Å². The van der Waals surface area contributed by atoms with Crippen LogP contribution in [-0.4, -0.2) is 16.7 Å². The molecule has 0 fully saturated rings. The molecular weight excluding hydrogens is 218 g/mol. The third kappa shape index (κ3) is 2.37. The summed E-state index contributed by atoms with van der Waals surface area (Å²) in [5.41, 5.74) is 0. The lowest BCUT2D eigenvalue weighted by Gasteiger charge is -1.92. The molecule has 0 atom stereocenters. The van der Waals surface area contributed by atoms with Gasteiger partial charge in [0.15, 0.2) is 16.8 Å². The predicted molar refractivity (Wildman–Crippen MR) is 54.4 cm³/mol. The molecule has 5 nitrogen and oxygen atoms in total. The molecule has 2 rings (SSSR count). The molecule has 15 heavy (non-hydrogen) atoms. The van der Waals surface area contributed by atoms with Gasteiger partial charge < -0.3 is 14.3 Å². The molecule has 0 saturated carbocycles. The van der Waals surface area contributed by atoms with E-state index in [1.807, 2.05) is 6.92 Å². The van der Waals surface area contributed by atoms with Crippen LogP contribution in [0.25, 0.3) is 11.7 Å². The average molecular weight is 228 g/mol. The number of nitrogens with zero attached hydrogens (tertiary/aromatic N) is 2. The summed E-state index contributed by atoms with van der Waals surface area (Å²) in [6.45, 7) is 3.44. The Labute approximate surface area is 91.4 Å². The van der Waals surface area contributed by atoms with Crippen molar-refractivity contribution in [3.63, 3.8) is 0 Å².